The number of urea groups is 1. The molecule has 18 heavy (non-hydrogen) atoms. The van der Waals surface area contributed by atoms with Crippen LogP contribution in [0.3, 0.4) is 0 Å². The highest BCUT2D eigenvalue weighted by Gasteiger charge is 2.26. The molecule has 4 nitrogen and oxygen atoms in total. The monoisotopic (exact) mass is 251 g/mol. The lowest BCUT2D eigenvalue weighted by atomic mass is 9.94. The van der Waals surface area contributed by atoms with Crippen LogP contribution in [0.15, 0.2) is 12.7 Å². The Hall–Kier alpha value is -1.03. The Morgan fingerprint density at radius 1 is 1.17 bits per heavy atom. The molecule has 4 heteroatoms. The molecule has 2 amide bonds. The summed E-state index contributed by atoms with van der Waals surface area (Å²) in [6.07, 6.45) is 8.58. The molecule has 2 fully saturated rings. The van der Waals surface area contributed by atoms with Gasteiger partial charge in [-0.3, -0.25) is 4.90 Å². The summed E-state index contributed by atoms with van der Waals surface area (Å²) in [5.41, 5.74) is 0. The van der Waals surface area contributed by atoms with Crippen LogP contribution in [0.25, 0.3) is 0 Å². The van der Waals surface area contributed by atoms with Crippen molar-refractivity contribution in [1.29, 1.82) is 0 Å². The van der Waals surface area contributed by atoms with Gasteiger partial charge in [0.1, 0.15) is 0 Å². The fourth-order valence-corrected chi connectivity index (χ4v) is 3.01. The largest absolute Gasteiger partial charge is 0.335 e. The Morgan fingerprint density at radius 3 is 2.44 bits per heavy atom. The van der Waals surface area contributed by atoms with Crippen molar-refractivity contribution < 1.29 is 4.79 Å². The summed E-state index contributed by atoms with van der Waals surface area (Å²) in [6.45, 7) is 7.96. The number of carbonyl (C=O) groups excluding carboxylic acids is 1. The Morgan fingerprint density at radius 2 is 1.83 bits per heavy atom. The van der Waals surface area contributed by atoms with E-state index in [1.165, 1.54) is 32.1 Å². The quantitative estimate of drug-likeness (QED) is 0.777. The van der Waals surface area contributed by atoms with E-state index in [0.29, 0.717) is 6.54 Å². The minimum Gasteiger partial charge on any atom is -0.335 e. The fraction of sp³-hybridized carbons (Fsp3) is 0.786. The topological polar surface area (TPSA) is 35.6 Å². The highest BCUT2D eigenvalue weighted by molar-refractivity contribution is 5.74. The molecule has 2 rings (SSSR count). The number of amides is 2. The van der Waals surface area contributed by atoms with Crippen LogP contribution in [0.2, 0.25) is 0 Å². The normalized spacial score (nSPS) is 22.8. The minimum absolute atomic E-state index is 0.0539. The van der Waals surface area contributed by atoms with Crippen molar-refractivity contribution in [1.82, 2.24) is 15.1 Å². The molecular formula is C14H25N3O. The highest BCUT2D eigenvalue weighted by atomic mass is 16.2. The lowest BCUT2D eigenvalue weighted by Crippen LogP contribution is -2.54. The molecule has 102 valence electrons. The van der Waals surface area contributed by atoms with Gasteiger partial charge in [0.05, 0.1) is 0 Å². The lowest BCUT2D eigenvalue weighted by Gasteiger charge is -2.40. The van der Waals surface area contributed by atoms with Crippen LogP contribution in [0, 0.1) is 0 Å². The van der Waals surface area contributed by atoms with Crippen LogP contribution in [-0.4, -0.2) is 54.6 Å². The molecular weight excluding hydrogens is 226 g/mol. The van der Waals surface area contributed by atoms with Gasteiger partial charge >= 0.3 is 6.03 Å². The molecule has 0 spiro atoms. The second-order valence-electron chi connectivity index (χ2n) is 5.29. The lowest BCUT2D eigenvalue weighted by molar-refractivity contribution is 0.0909. The molecule has 1 saturated heterocycles. The van der Waals surface area contributed by atoms with Crippen LogP contribution >= 0.6 is 0 Å². The van der Waals surface area contributed by atoms with E-state index >= 15 is 0 Å². The van der Waals surface area contributed by atoms with Gasteiger partial charge in [-0.15, -0.1) is 6.58 Å². The maximum atomic E-state index is 11.8. The first kappa shape index (κ1) is 13.4. The Labute approximate surface area is 110 Å². The first-order valence-electron chi connectivity index (χ1n) is 7.19. The predicted molar refractivity (Wildman–Crippen MR) is 73.6 cm³/mol. The van der Waals surface area contributed by atoms with Crippen LogP contribution < -0.4 is 5.32 Å². The molecule has 0 unspecified atom stereocenters. The van der Waals surface area contributed by atoms with Crippen molar-refractivity contribution in [2.45, 2.75) is 38.1 Å². The van der Waals surface area contributed by atoms with Gasteiger partial charge in [-0.1, -0.05) is 25.3 Å². The average molecular weight is 251 g/mol. The van der Waals surface area contributed by atoms with Crippen molar-refractivity contribution >= 4 is 6.03 Å². The first-order valence-corrected chi connectivity index (χ1v) is 7.19. The molecule has 1 aliphatic carbocycles. The Kier molecular flexibility index (Phi) is 5.05. The third-order valence-electron chi connectivity index (χ3n) is 4.09. The molecule has 1 heterocycles. The van der Waals surface area contributed by atoms with Gasteiger partial charge in [0.15, 0.2) is 0 Å². The van der Waals surface area contributed by atoms with E-state index in [0.717, 1.165) is 32.2 Å². The van der Waals surface area contributed by atoms with E-state index in [9.17, 15) is 4.79 Å². The van der Waals surface area contributed by atoms with Crippen LogP contribution in [-0.2, 0) is 0 Å². The molecule has 0 radical (unpaired) electrons. The third-order valence-corrected chi connectivity index (χ3v) is 4.09. The molecule has 1 aliphatic heterocycles. The number of hydrogen-bond donors (Lipinski definition) is 1. The van der Waals surface area contributed by atoms with Gasteiger partial charge in [0, 0.05) is 38.8 Å². The summed E-state index contributed by atoms with van der Waals surface area (Å²) in [4.78, 5) is 16.3. The van der Waals surface area contributed by atoms with E-state index in [-0.39, 0.29) is 6.03 Å². The van der Waals surface area contributed by atoms with Gasteiger partial charge in [-0.25, -0.2) is 4.79 Å². The molecule has 0 bridgehead atoms. The van der Waals surface area contributed by atoms with Crippen molar-refractivity contribution in [2.24, 2.45) is 0 Å². The van der Waals surface area contributed by atoms with Gasteiger partial charge in [0.2, 0.25) is 0 Å². The van der Waals surface area contributed by atoms with Crippen LogP contribution in [0.5, 0.6) is 0 Å². The smallest absolute Gasteiger partial charge is 0.317 e. The minimum atomic E-state index is 0.0539. The number of rotatable bonds is 3. The molecule has 0 aromatic heterocycles. The van der Waals surface area contributed by atoms with Crippen LogP contribution in [0.1, 0.15) is 32.1 Å². The predicted octanol–water partition coefficient (Wildman–Crippen LogP) is 1.83. The van der Waals surface area contributed by atoms with Gasteiger partial charge in [-0.2, -0.15) is 0 Å². The van der Waals surface area contributed by atoms with E-state index < -0.39 is 0 Å². The van der Waals surface area contributed by atoms with Gasteiger partial charge in [-0.05, 0) is 12.8 Å². The average Bonchev–Trinajstić information content (AvgIpc) is 2.46. The Bertz CT molecular complexity index is 279. The third kappa shape index (κ3) is 3.48. The van der Waals surface area contributed by atoms with Crippen molar-refractivity contribution in [2.75, 3.05) is 32.7 Å². The maximum absolute atomic E-state index is 11.8. The summed E-state index contributed by atoms with van der Waals surface area (Å²) in [6, 6.07) is 0.829. The van der Waals surface area contributed by atoms with E-state index in [1.54, 1.807) is 6.08 Å². The van der Waals surface area contributed by atoms with E-state index in [1.807, 2.05) is 4.90 Å². The summed E-state index contributed by atoms with van der Waals surface area (Å²) in [5, 5.41) is 2.85. The second-order valence-corrected chi connectivity index (χ2v) is 5.29. The zero-order valence-corrected chi connectivity index (χ0v) is 11.2. The molecule has 0 aromatic carbocycles. The molecule has 0 aromatic rings. The highest BCUT2D eigenvalue weighted by Crippen LogP contribution is 2.23. The van der Waals surface area contributed by atoms with Crippen LogP contribution in [0.4, 0.5) is 4.79 Å². The standard InChI is InChI=1S/C14H25N3O/c1-2-8-15-14(18)17-11-9-16(10-12-17)13-6-4-3-5-7-13/h2,13H,1,3-12H2,(H,15,18). The fourth-order valence-electron chi connectivity index (χ4n) is 3.01. The van der Waals surface area contributed by atoms with Gasteiger partial charge < -0.3 is 10.2 Å². The number of nitrogens with one attached hydrogen (secondary N) is 1. The SMILES string of the molecule is C=CCNC(=O)N1CCN(C2CCCCC2)CC1. The number of nitrogens with zero attached hydrogens (tertiary/aromatic N) is 2. The second kappa shape index (κ2) is 6.78. The van der Waals surface area contributed by atoms with E-state index in [4.69, 9.17) is 0 Å². The van der Waals surface area contributed by atoms with Crippen molar-refractivity contribution in [3.05, 3.63) is 12.7 Å². The molecule has 0 atom stereocenters. The van der Waals surface area contributed by atoms with Crippen molar-refractivity contribution in [3.8, 4) is 0 Å². The number of hydrogen-bond acceptors (Lipinski definition) is 2. The zero-order valence-electron chi connectivity index (χ0n) is 11.2. The zero-order chi connectivity index (χ0) is 12.8. The Balaban J connectivity index is 1.73. The summed E-state index contributed by atoms with van der Waals surface area (Å²) in [5.74, 6) is 0. The molecule has 1 N–H and O–H groups in total. The summed E-state index contributed by atoms with van der Waals surface area (Å²) < 4.78 is 0. The maximum Gasteiger partial charge on any atom is 0.317 e. The van der Waals surface area contributed by atoms with Gasteiger partial charge in [0.25, 0.3) is 0 Å². The molecule has 2 aliphatic rings. The first-order chi connectivity index (χ1) is 8.81. The van der Waals surface area contributed by atoms with Crippen molar-refractivity contribution in [3.63, 3.8) is 0 Å². The summed E-state index contributed by atoms with van der Waals surface area (Å²) >= 11 is 0. The number of piperazine rings is 1. The number of carbonyl (C=O) groups is 1. The molecule has 1 saturated carbocycles. The van der Waals surface area contributed by atoms with E-state index in [2.05, 4.69) is 16.8 Å². The summed E-state index contributed by atoms with van der Waals surface area (Å²) in [7, 11) is 0.